The van der Waals surface area contributed by atoms with E-state index in [0.29, 0.717) is 6.04 Å². The van der Waals surface area contributed by atoms with Crippen LogP contribution in [0.2, 0.25) is 0 Å². The van der Waals surface area contributed by atoms with E-state index in [4.69, 9.17) is 0 Å². The number of nitrogens with zero attached hydrogens (tertiary/aromatic N) is 3. The number of piperazine rings is 1. The second kappa shape index (κ2) is 4.78. The summed E-state index contributed by atoms with van der Waals surface area (Å²) in [4.78, 5) is 6.84. The van der Waals surface area contributed by atoms with E-state index in [1.165, 1.54) is 0 Å². The molecule has 1 unspecified atom stereocenters. The van der Waals surface area contributed by atoms with Gasteiger partial charge in [0.1, 0.15) is 5.82 Å². The molecule has 17 heavy (non-hydrogen) atoms. The first-order chi connectivity index (χ1) is 7.99. The minimum Gasteiger partial charge on any atom is -0.334 e. The molecule has 1 atom stereocenters. The van der Waals surface area contributed by atoms with Crippen LogP contribution in [0.4, 0.5) is 0 Å². The Morgan fingerprint density at radius 3 is 2.88 bits per heavy atom. The van der Waals surface area contributed by atoms with E-state index < -0.39 is 0 Å². The van der Waals surface area contributed by atoms with Gasteiger partial charge in [-0.2, -0.15) is 0 Å². The predicted octanol–water partition coefficient (Wildman–Crippen LogP) is 1.26. The summed E-state index contributed by atoms with van der Waals surface area (Å²) in [6, 6.07) is 0.590. The lowest BCUT2D eigenvalue weighted by Crippen LogP contribution is -2.61. The average Bonchev–Trinajstić information content (AvgIpc) is 2.66. The molecule has 4 nitrogen and oxygen atoms in total. The second-order valence-electron chi connectivity index (χ2n) is 5.71. The molecule has 1 fully saturated rings. The summed E-state index contributed by atoms with van der Waals surface area (Å²) in [5.74, 6) is 1.10. The number of imidazole rings is 1. The van der Waals surface area contributed by atoms with Gasteiger partial charge in [-0.25, -0.2) is 4.98 Å². The van der Waals surface area contributed by atoms with Crippen molar-refractivity contribution in [2.24, 2.45) is 0 Å². The molecule has 0 bridgehead atoms. The van der Waals surface area contributed by atoms with Crippen LogP contribution < -0.4 is 5.32 Å². The van der Waals surface area contributed by atoms with Crippen molar-refractivity contribution >= 4 is 0 Å². The van der Waals surface area contributed by atoms with E-state index in [0.717, 1.165) is 32.0 Å². The molecule has 1 N–H and O–H groups in total. The molecular formula is C13H24N4. The Morgan fingerprint density at radius 1 is 1.47 bits per heavy atom. The van der Waals surface area contributed by atoms with E-state index in [-0.39, 0.29) is 5.54 Å². The lowest BCUT2D eigenvalue weighted by molar-refractivity contribution is 0.0666. The highest BCUT2D eigenvalue weighted by molar-refractivity contribution is 4.93. The highest BCUT2D eigenvalue weighted by atomic mass is 15.3. The molecule has 0 saturated carbocycles. The topological polar surface area (TPSA) is 33.1 Å². The highest BCUT2D eigenvalue weighted by Gasteiger charge is 2.31. The van der Waals surface area contributed by atoms with E-state index in [2.05, 4.69) is 53.7 Å². The van der Waals surface area contributed by atoms with Crippen molar-refractivity contribution in [3.8, 4) is 0 Å². The third kappa shape index (κ3) is 2.87. The zero-order valence-corrected chi connectivity index (χ0v) is 11.4. The summed E-state index contributed by atoms with van der Waals surface area (Å²) < 4.78 is 2.22. The largest absolute Gasteiger partial charge is 0.334 e. The third-order valence-electron chi connectivity index (χ3n) is 3.77. The molecule has 0 amide bonds. The van der Waals surface area contributed by atoms with Gasteiger partial charge < -0.3 is 9.88 Å². The smallest absolute Gasteiger partial charge is 0.105 e. The van der Waals surface area contributed by atoms with Gasteiger partial charge >= 0.3 is 0 Å². The third-order valence-corrected chi connectivity index (χ3v) is 3.77. The molecule has 0 spiro atoms. The van der Waals surface area contributed by atoms with Gasteiger partial charge in [0.05, 0.1) is 0 Å². The summed E-state index contributed by atoms with van der Waals surface area (Å²) >= 11 is 0. The van der Waals surface area contributed by atoms with Gasteiger partial charge in [-0.05, 0) is 27.7 Å². The maximum absolute atomic E-state index is 4.26. The summed E-state index contributed by atoms with van der Waals surface area (Å²) in [6.07, 6.45) is 3.94. The Hall–Kier alpha value is -0.870. The number of aromatic nitrogens is 2. The van der Waals surface area contributed by atoms with Gasteiger partial charge in [0, 0.05) is 50.2 Å². The number of hydrogen-bond acceptors (Lipinski definition) is 3. The quantitative estimate of drug-likeness (QED) is 0.858. The van der Waals surface area contributed by atoms with Gasteiger partial charge in [-0.1, -0.05) is 0 Å². The SMILES string of the molecule is Cc1nccn1CCN1CC(C)NCC1(C)C. The Bertz CT molecular complexity index is 369. The molecule has 1 saturated heterocycles. The predicted molar refractivity (Wildman–Crippen MR) is 70.1 cm³/mol. The first-order valence-electron chi connectivity index (χ1n) is 6.45. The molecule has 0 aromatic carbocycles. The Balaban J connectivity index is 1.95. The molecule has 0 aliphatic carbocycles. The van der Waals surface area contributed by atoms with Crippen LogP contribution in [0.25, 0.3) is 0 Å². The monoisotopic (exact) mass is 236 g/mol. The van der Waals surface area contributed by atoms with E-state index in [1.807, 2.05) is 6.20 Å². The van der Waals surface area contributed by atoms with Crippen molar-refractivity contribution in [1.29, 1.82) is 0 Å². The summed E-state index contributed by atoms with van der Waals surface area (Å²) in [5.41, 5.74) is 0.251. The highest BCUT2D eigenvalue weighted by Crippen LogP contribution is 2.18. The minimum atomic E-state index is 0.251. The summed E-state index contributed by atoms with van der Waals surface area (Å²) in [6.45, 7) is 13.3. The Morgan fingerprint density at radius 2 is 2.24 bits per heavy atom. The van der Waals surface area contributed by atoms with Crippen LogP contribution in [0.1, 0.15) is 26.6 Å². The standard InChI is InChI=1S/C13H24N4/c1-11-9-17(13(3,4)10-15-11)8-7-16-6-5-14-12(16)2/h5-6,11,15H,7-10H2,1-4H3. The van der Waals surface area contributed by atoms with Crippen LogP contribution in [0.15, 0.2) is 12.4 Å². The fourth-order valence-corrected chi connectivity index (χ4v) is 2.44. The molecule has 2 rings (SSSR count). The van der Waals surface area contributed by atoms with Crippen LogP contribution in [0.3, 0.4) is 0 Å². The molecule has 2 heterocycles. The van der Waals surface area contributed by atoms with Gasteiger partial charge in [-0.3, -0.25) is 4.90 Å². The van der Waals surface area contributed by atoms with Crippen molar-refractivity contribution < 1.29 is 0 Å². The summed E-state index contributed by atoms with van der Waals surface area (Å²) in [5, 5.41) is 3.55. The van der Waals surface area contributed by atoms with E-state index in [9.17, 15) is 0 Å². The van der Waals surface area contributed by atoms with Crippen LogP contribution >= 0.6 is 0 Å². The van der Waals surface area contributed by atoms with Crippen LogP contribution in [-0.2, 0) is 6.54 Å². The molecular weight excluding hydrogens is 212 g/mol. The maximum Gasteiger partial charge on any atom is 0.105 e. The molecule has 96 valence electrons. The van der Waals surface area contributed by atoms with Crippen molar-refractivity contribution in [2.75, 3.05) is 19.6 Å². The van der Waals surface area contributed by atoms with Crippen molar-refractivity contribution in [3.05, 3.63) is 18.2 Å². The lowest BCUT2D eigenvalue weighted by atomic mass is 9.98. The summed E-state index contributed by atoms with van der Waals surface area (Å²) in [7, 11) is 0. The first kappa shape index (κ1) is 12.6. The van der Waals surface area contributed by atoms with Crippen LogP contribution in [0, 0.1) is 6.92 Å². The van der Waals surface area contributed by atoms with Crippen LogP contribution in [0.5, 0.6) is 0 Å². The molecule has 1 aromatic heterocycles. The van der Waals surface area contributed by atoms with Gasteiger partial charge in [0.25, 0.3) is 0 Å². The van der Waals surface area contributed by atoms with Crippen molar-refractivity contribution in [3.63, 3.8) is 0 Å². The second-order valence-corrected chi connectivity index (χ2v) is 5.71. The number of aryl methyl sites for hydroxylation is 1. The first-order valence-corrected chi connectivity index (χ1v) is 6.45. The average molecular weight is 236 g/mol. The fraction of sp³-hybridized carbons (Fsp3) is 0.769. The number of rotatable bonds is 3. The van der Waals surface area contributed by atoms with Gasteiger partial charge in [0.2, 0.25) is 0 Å². The zero-order valence-electron chi connectivity index (χ0n) is 11.4. The van der Waals surface area contributed by atoms with Crippen molar-refractivity contribution in [2.45, 2.75) is 45.8 Å². The normalized spacial score (nSPS) is 25.1. The minimum absolute atomic E-state index is 0.251. The maximum atomic E-state index is 4.26. The molecule has 0 radical (unpaired) electrons. The molecule has 4 heteroatoms. The van der Waals surface area contributed by atoms with Crippen molar-refractivity contribution in [1.82, 2.24) is 19.8 Å². The van der Waals surface area contributed by atoms with Crippen LogP contribution in [-0.4, -0.2) is 45.7 Å². The lowest BCUT2D eigenvalue weighted by Gasteiger charge is -2.45. The molecule has 1 aliphatic rings. The van der Waals surface area contributed by atoms with E-state index >= 15 is 0 Å². The fourth-order valence-electron chi connectivity index (χ4n) is 2.44. The van der Waals surface area contributed by atoms with Gasteiger partial charge in [-0.15, -0.1) is 0 Å². The molecule has 1 aliphatic heterocycles. The number of nitrogens with one attached hydrogen (secondary N) is 1. The zero-order chi connectivity index (χ0) is 12.5. The Labute approximate surface area is 104 Å². The van der Waals surface area contributed by atoms with E-state index in [1.54, 1.807) is 0 Å². The Kier molecular flexibility index (Phi) is 3.54. The number of hydrogen-bond donors (Lipinski definition) is 1. The molecule has 1 aromatic rings. The van der Waals surface area contributed by atoms with Gasteiger partial charge in [0.15, 0.2) is 0 Å².